The van der Waals surface area contributed by atoms with Crippen molar-refractivity contribution in [3.63, 3.8) is 0 Å². The first-order chi connectivity index (χ1) is 13.1. The molecule has 0 radical (unpaired) electrons. The maximum absolute atomic E-state index is 12.4. The average molecular weight is 360 g/mol. The Balaban J connectivity index is 1.62. The molecule has 0 spiro atoms. The smallest absolute Gasteiger partial charge is 0.274 e. The molecule has 3 rings (SSSR count). The van der Waals surface area contributed by atoms with Crippen LogP contribution < -0.4 is 16.0 Å². The third kappa shape index (κ3) is 5.40. The summed E-state index contributed by atoms with van der Waals surface area (Å²) in [5, 5.41) is 8.76. The fourth-order valence-corrected chi connectivity index (χ4v) is 2.50. The molecule has 0 aliphatic heterocycles. The molecule has 1 heterocycles. The van der Waals surface area contributed by atoms with Crippen molar-refractivity contribution in [3.8, 4) is 0 Å². The molecular weight excluding hydrogens is 340 g/mol. The zero-order chi connectivity index (χ0) is 19.1. The van der Waals surface area contributed by atoms with Gasteiger partial charge in [0.25, 0.3) is 5.91 Å². The van der Waals surface area contributed by atoms with Gasteiger partial charge in [-0.25, -0.2) is 0 Å². The molecular formula is C21H20N4O2. The molecule has 0 unspecified atom stereocenters. The van der Waals surface area contributed by atoms with E-state index in [-0.39, 0.29) is 11.8 Å². The summed E-state index contributed by atoms with van der Waals surface area (Å²) in [5.41, 5.74) is 3.59. The van der Waals surface area contributed by atoms with Gasteiger partial charge in [0.2, 0.25) is 5.91 Å². The lowest BCUT2D eigenvalue weighted by atomic mass is 10.2. The highest BCUT2D eigenvalue weighted by Crippen LogP contribution is 2.16. The molecule has 6 heteroatoms. The normalized spacial score (nSPS) is 10.1. The summed E-state index contributed by atoms with van der Waals surface area (Å²) >= 11 is 0. The van der Waals surface area contributed by atoms with Gasteiger partial charge in [0, 0.05) is 36.7 Å². The van der Waals surface area contributed by atoms with Crippen molar-refractivity contribution >= 4 is 28.9 Å². The summed E-state index contributed by atoms with van der Waals surface area (Å²) in [6, 6.07) is 20.4. The Morgan fingerprint density at radius 2 is 1.52 bits per heavy atom. The van der Waals surface area contributed by atoms with Crippen molar-refractivity contribution < 1.29 is 9.59 Å². The molecule has 0 saturated carbocycles. The summed E-state index contributed by atoms with van der Waals surface area (Å²) in [5.74, 6) is -0.443. The van der Waals surface area contributed by atoms with Gasteiger partial charge in [0.1, 0.15) is 5.69 Å². The number of pyridine rings is 1. The third-order valence-electron chi connectivity index (χ3n) is 3.80. The van der Waals surface area contributed by atoms with E-state index in [0.29, 0.717) is 23.6 Å². The standard InChI is InChI=1S/C21H20N4O2/c1-15(26)24-17-7-9-18(10-8-17)25-21(27)20-13-19(11-12-22-20)23-14-16-5-3-2-4-6-16/h2-13H,14H2,1H3,(H,22,23)(H,24,26)(H,25,27). The Labute approximate surface area is 157 Å². The number of aromatic nitrogens is 1. The number of hydrogen-bond acceptors (Lipinski definition) is 4. The minimum Gasteiger partial charge on any atom is -0.381 e. The Morgan fingerprint density at radius 1 is 0.852 bits per heavy atom. The number of anilines is 3. The first-order valence-electron chi connectivity index (χ1n) is 8.53. The molecule has 0 bridgehead atoms. The molecule has 2 aromatic carbocycles. The molecule has 6 nitrogen and oxygen atoms in total. The Kier molecular flexibility index (Phi) is 5.79. The summed E-state index contributed by atoms with van der Waals surface area (Å²) in [6.45, 7) is 2.11. The highest BCUT2D eigenvalue weighted by Gasteiger charge is 2.09. The van der Waals surface area contributed by atoms with E-state index in [0.717, 1.165) is 11.3 Å². The Morgan fingerprint density at radius 3 is 2.19 bits per heavy atom. The lowest BCUT2D eigenvalue weighted by Gasteiger charge is -2.09. The number of hydrogen-bond donors (Lipinski definition) is 3. The van der Waals surface area contributed by atoms with Gasteiger partial charge in [-0.2, -0.15) is 0 Å². The fraction of sp³-hybridized carbons (Fsp3) is 0.0952. The maximum atomic E-state index is 12.4. The van der Waals surface area contributed by atoms with Gasteiger partial charge in [0.05, 0.1) is 0 Å². The predicted molar refractivity (Wildman–Crippen MR) is 107 cm³/mol. The van der Waals surface area contributed by atoms with Crippen LogP contribution in [-0.4, -0.2) is 16.8 Å². The van der Waals surface area contributed by atoms with Crippen LogP contribution in [0.15, 0.2) is 72.9 Å². The fourth-order valence-electron chi connectivity index (χ4n) is 2.50. The van der Waals surface area contributed by atoms with Crippen LogP contribution in [-0.2, 0) is 11.3 Å². The number of carbonyl (C=O) groups excluding carboxylic acids is 2. The average Bonchev–Trinajstić information content (AvgIpc) is 2.68. The minimum absolute atomic E-state index is 0.143. The summed E-state index contributed by atoms with van der Waals surface area (Å²) in [7, 11) is 0. The lowest BCUT2D eigenvalue weighted by Crippen LogP contribution is -2.14. The number of benzene rings is 2. The SMILES string of the molecule is CC(=O)Nc1ccc(NC(=O)c2cc(NCc3ccccc3)ccn2)cc1. The van der Waals surface area contributed by atoms with E-state index in [9.17, 15) is 9.59 Å². The minimum atomic E-state index is -0.300. The van der Waals surface area contributed by atoms with E-state index >= 15 is 0 Å². The van der Waals surface area contributed by atoms with Gasteiger partial charge in [-0.15, -0.1) is 0 Å². The second-order valence-corrected chi connectivity index (χ2v) is 5.98. The van der Waals surface area contributed by atoms with Crippen LogP contribution in [0.1, 0.15) is 23.0 Å². The van der Waals surface area contributed by atoms with Crippen molar-refractivity contribution in [1.29, 1.82) is 0 Å². The molecule has 3 aromatic rings. The second kappa shape index (κ2) is 8.62. The van der Waals surface area contributed by atoms with Crippen molar-refractivity contribution in [2.45, 2.75) is 13.5 Å². The van der Waals surface area contributed by atoms with E-state index in [1.807, 2.05) is 36.4 Å². The van der Waals surface area contributed by atoms with Crippen LogP contribution in [0.4, 0.5) is 17.1 Å². The van der Waals surface area contributed by atoms with Gasteiger partial charge in [-0.1, -0.05) is 30.3 Å². The van der Waals surface area contributed by atoms with E-state index in [4.69, 9.17) is 0 Å². The van der Waals surface area contributed by atoms with Gasteiger partial charge < -0.3 is 16.0 Å². The van der Waals surface area contributed by atoms with E-state index in [1.54, 1.807) is 36.5 Å². The molecule has 0 atom stereocenters. The quantitative estimate of drug-likeness (QED) is 0.622. The molecule has 0 saturated heterocycles. The first kappa shape index (κ1) is 18.1. The number of rotatable bonds is 6. The maximum Gasteiger partial charge on any atom is 0.274 e. The van der Waals surface area contributed by atoms with Crippen molar-refractivity contribution in [1.82, 2.24) is 4.98 Å². The number of nitrogens with one attached hydrogen (secondary N) is 3. The van der Waals surface area contributed by atoms with Crippen LogP contribution in [0.2, 0.25) is 0 Å². The van der Waals surface area contributed by atoms with E-state index in [1.165, 1.54) is 6.92 Å². The lowest BCUT2D eigenvalue weighted by molar-refractivity contribution is -0.114. The van der Waals surface area contributed by atoms with Crippen LogP contribution in [0, 0.1) is 0 Å². The monoisotopic (exact) mass is 360 g/mol. The predicted octanol–water partition coefficient (Wildman–Crippen LogP) is 3.90. The highest BCUT2D eigenvalue weighted by molar-refractivity contribution is 6.03. The number of amides is 2. The van der Waals surface area contributed by atoms with Crippen molar-refractivity contribution in [3.05, 3.63) is 84.2 Å². The molecule has 3 N–H and O–H groups in total. The van der Waals surface area contributed by atoms with E-state index < -0.39 is 0 Å². The van der Waals surface area contributed by atoms with Gasteiger partial charge in [0.15, 0.2) is 0 Å². The Bertz CT molecular complexity index is 924. The first-order valence-corrected chi connectivity index (χ1v) is 8.53. The molecule has 0 aliphatic carbocycles. The van der Waals surface area contributed by atoms with Crippen LogP contribution in [0.3, 0.4) is 0 Å². The van der Waals surface area contributed by atoms with Gasteiger partial charge in [-0.3, -0.25) is 14.6 Å². The summed E-state index contributed by atoms with van der Waals surface area (Å²) in [4.78, 5) is 27.6. The highest BCUT2D eigenvalue weighted by atomic mass is 16.2. The summed E-state index contributed by atoms with van der Waals surface area (Å²) < 4.78 is 0. The topological polar surface area (TPSA) is 83.1 Å². The third-order valence-corrected chi connectivity index (χ3v) is 3.80. The Hall–Kier alpha value is -3.67. The molecule has 27 heavy (non-hydrogen) atoms. The van der Waals surface area contributed by atoms with Crippen LogP contribution in [0.5, 0.6) is 0 Å². The van der Waals surface area contributed by atoms with Crippen LogP contribution in [0.25, 0.3) is 0 Å². The largest absolute Gasteiger partial charge is 0.381 e. The van der Waals surface area contributed by atoms with Crippen molar-refractivity contribution in [2.75, 3.05) is 16.0 Å². The van der Waals surface area contributed by atoms with Crippen molar-refractivity contribution in [2.24, 2.45) is 0 Å². The molecule has 0 fully saturated rings. The number of carbonyl (C=O) groups is 2. The molecule has 136 valence electrons. The van der Waals surface area contributed by atoms with E-state index in [2.05, 4.69) is 20.9 Å². The van der Waals surface area contributed by atoms with Crippen LogP contribution >= 0.6 is 0 Å². The zero-order valence-electron chi connectivity index (χ0n) is 14.9. The molecule has 1 aromatic heterocycles. The molecule has 2 amide bonds. The molecule has 0 aliphatic rings. The zero-order valence-corrected chi connectivity index (χ0v) is 14.9. The second-order valence-electron chi connectivity index (χ2n) is 5.98. The van der Waals surface area contributed by atoms with Gasteiger partial charge in [-0.05, 0) is 42.0 Å². The summed E-state index contributed by atoms with van der Waals surface area (Å²) in [6.07, 6.45) is 1.60. The van der Waals surface area contributed by atoms with Gasteiger partial charge >= 0.3 is 0 Å². The number of nitrogens with zero attached hydrogens (tertiary/aromatic N) is 1.